The average Bonchev–Trinajstić information content (AvgIpc) is 2.91. The van der Waals surface area contributed by atoms with Crippen molar-refractivity contribution >= 4 is 5.91 Å². The van der Waals surface area contributed by atoms with Gasteiger partial charge in [0.05, 0.1) is 5.60 Å². The van der Waals surface area contributed by atoms with Crippen molar-refractivity contribution in [2.24, 2.45) is 5.92 Å². The lowest BCUT2D eigenvalue weighted by atomic mass is 9.86. The Balaban J connectivity index is 1.79. The van der Waals surface area contributed by atoms with Crippen LogP contribution in [0.3, 0.4) is 0 Å². The molecular formula is C15H28N2O2. The van der Waals surface area contributed by atoms with Crippen molar-refractivity contribution in [3.05, 3.63) is 0 Å². The zero-order chi connectivity index (χ0) is 13.7. The lowest BCUT2D eigenvalue weighted by Gasteiger charge is -2.40. The predicted octanol–water partition coefficient (Wildman–Crippen LogP) is 1.84. The highest BCUT2D eigenvalue weighted by atomic mass is 16.5. The van der Waals surface area contributed by atoms with Gasteiger partial charge < -0.3 is 15.4 Å². The third-order valence-electron chi connectivity index (χ3n) is 4.78. The Morgan fingerprint density at radius 2 is 2.16 bits per heavy atom. The molecule has 0 aliphatic carbocycles. The smallest absolute Gasteiger partial charge is 0.220 e. The summed E-state index contributed by atoms with van der Waals surface area (Å²) < 4.78 is 5.95. The van der Waals surface area contributed by atoms with Gasteiger partial charge in [-0.15, -0.1) is 0 Å². The van der Waals surface area contributed by atoms with Crippen molar-refractivity contribution in [1.29, 1.82) is 0 Å². The van der Waals surface area contributed by atoms with Crippen LogP contribution in [0.1, 0.15) is 52.4 Å². The van der Waals surface area contributed by atoms with E-state index < -0.39 is 0 Å². The van der Waals surface area contributed by atoms with Gasteiger partial charge in [0.15, 0.2) is 0 Å². The first-order valence-electron chi connectivity index (χ1n) is 7.81. The summed E-state index contributed by atoms with van der Waals surface area (Å²) in [5.41, 5.74) is -0.00882. The van der Waals surface area contributed by atoms with Crippen LogP contribution >= 0.6 is 0 Å². The Morgan fingerprint density at radius 3 is 2.79 bits per heavy atom. The van der Waals surface area contributed by atoms with Gasteiger partial charge in [-0.25, -0.2) is 0 Å². The van der Waals surface area contributed by atoms with Crippen LogP contribution in [0.4, 0.5) is 0 Å². The van der Waals surface area contributed by atoms with Crippen LogP contribution in [0.25, 0.3) is 0 Å². The molecule has 4 nitrogen and oxygen atoms in total. The minimum atomic E-state index is -0.00882. The molecule has 110 valence electrons. The van der Waals surface area contributed by atoms with E-state index in [1.165, 1.54) is 0 Å². The van der Waals surface area contributed by atoms with Crippen molar-refractivity contribution in [2.45, 2.75) is 64.0 Å². The van der Waals surface area contributed by atoms with Crippen LogP contribution in [0, 0.1) is 5.92 Å². The molecule has 2 N–H and O–H groups in total. The molecule has 0 aromatic carbocycles. The van der Waals surface area contributed by atoms with E-state index in [1.807, 2.05) is 0 Å². The van der Waals surface area contributed by atoms with Crippen LogP contribution in [0.2, 0.25) is 0 Å². The van der Waals surface area contributed by atoms with Crippen LogP contribution < -0.4 is 10.6 Å². The highest BCUT2D eigenvalue weighted by Gasteiger charge is 2.35. The number of nitrogens with one attached hydrogen (secondary N) is 2. The molecule has 2 fully saturated rings. The molecule has 0 aromatic heterocycles. The van der Waals surface area contributed by atoms with Crippen molar-refractivity contribution in [2.75, 3.05) is 19.7 Å². The molecule has 0 aromatic rings. The maximum absolute atomic E-state index is 12.1. The van der Waals surface area contributed by atoms with Crippen LogP contribution in [0.15, 0.2) is 0 Å². The maximum atomic E-state index is 12.1. The third kappa shape index (κ3) is 3.93. The van der Waals surface area contributed by atoms with E-state index in [-0.39, 0.29) is 11.5 Å². The Labute approximate surface area is 116 Å². The van der Waals surface area contributed by atoms with E-state index in [0.29, 0.717) is 18.4 Å². The number of rotatable bonds is 5. The van der Waals surface area contributed by atoms with Crippen molar-refractivity contribution in [1.82, 2.24) is 10.6 Å². The number of amides is 1. The van der Waals surface area contributed by atoms with Crippen molar-refractivity contribution < 1.29 is 9.53 Å². The molecule has 0 bridgehead atoms. The molecule has 4 heteroatoms. The predicted molar refractivity (Wildman–Crippen MR) is 76.0 cm³/mol. The van der Waals surface area contributed by atoms with Gasteiger partial charge in [-0.2, -0.15) is 0 Å². The normalized spacial score (nSPS) is 30.2. The van der Waals surface area contributed by atoms with Crippen molar-refractivity contribution in [3.8, 4) is 0 Å². The summed E-state index contributed by atoms with van der Waals surface area (Å²) in [5.74, 6) is 0.753. The number of hydrogen-bond acceptors (Lipinski definition) is 3. The first-order chi connectivity index (χ1) is 9.17. The third-order valence-corrected chi connectivity index (χ3v) is 4.78. The SMILES string of the molecule is CCC1(CC)CC(NC(=O)CC2CCNC2)CCO1. The molecule has 19 heavy (non-hydrogen) atoms. The number of ether oxygens (including phenoxy) is 1. The highest BCUT2D eigenvalue weighted by molar-refractivity contribution is 5.76. The van der Waals surface area contributed by atoms with E-state index in [9.17, 15) is 4.79 Å². The van der Waals surface area contributed by atoms with Gasteiger partial charge in [-0.1, -0.05) is 13.8 Å². The number of carbonyl (C=O) groups excluding carboxylic acids is 1. The van der Waals surface area contributed by atoms with E-state index in [4.69, 9.17) is 4.74 Å². The van der Waals surface area contributed by atoms with Gasteiger partial charge in [-0.3, -0.25) is 4.79 Å². The number of carbonyl (C=O) groups is 1. The fourth-order valence-electron chi connectivity index (χ4n) is 3.33. The molecule has 0 spiro atoms. The van der Waals surface area contributed by atoms with E-state index in [2.05, 4.69) is 24.5 Å². The molecule has 2 saturated heterocycles. The summed E-state index contributed by atoms with van der Waals surface area (Å²) in [6.07, 6.45) is 5.79. The van der Waals surface area contributed by atoms with E-state index >= 15 is 0 Å². The minimum Gasteiger partial charge on any atom is -0.375 e. The van der Waals surface area contributed by atoms with Gasteiger partial charge in [0.1, 0.15) is 0 Å². The Morgan fingerprint density at radius 1 is 1.37 bits per heavy atom. The van der Waals surface area contributed by atoms with Crippen LogP contribution in [-0.2, 0) is 9.53 Å². The van der Waals surface area contributed by atoms with Gasteiger partial charge >= 0.3 is 0 Å². The van der Waals surface area contributed by atoms with Crippen LogP contribution in [0.5, 0.6) is 0 Å². The zero-order valence-corrected chi connectivity index (χ0v) is 12.3. The molecule has 2 atom stereocenters. The standard InChI is InChI=1S/C15H28N2O2/c1-3-15(4-2)10-13(6-8-19-15)17-14(18)9-12-5-7-16-11-12/h12-13,16H,3-11H2,1-2H3,(H,17,18). The van der Waals surface area contributed by atoms with Gasteiger partial charge in [0, 0.05) is 19.1 Å². The minimum absolute atomic E-state index is 0.00882. The Bertz CT molecular complexity index is 297. The molecule has 2 unspecified atom stereocenters. The average molecular weight is 268 g/mol. The molecule has 0 radical (unpaired) electrons. The topological polar surface area (TPSA) is 50.4 Å². The first-order valence-corrected chi connectivity index (χ1v) is 7.81. The maximum Gasteiger partial charge on any atom is 0.220 e. The molecule has 2 rings (SSSR count). The quantitative estimate of drug-likeness (QED) is 0.800. The highest BCUT2D eigenvalue weighted by Crippen LogP contribution is 2.31. The van der Waals surface area contributed by atoms with Crippen LogP contribution in [-0.4, -0.2) is 37.2 Å². The second kappa shape index (κ2) is 6.71. The largest absolute Gasteiger partial charge is 0.375 e. The summed E-state index contributed by atoms with van der Waals surface area (Å²) in [6.45, 7) is 7.19. The van der Waals surface area contributed by atoms with Crippen molar-refractivity contribution in [3.63, 3.8) is 0 Å². The summed E-state index contributed by atoms with van der Waals surface area (Å²) >= 11 is 0. The van der Waals surface area contributed by atoms with E-state index in [1.54, 1.807) is 0 Å². The second-order valence-electron chi connectivity index (χ2n) is 6.06. The Hall–Kier alpha value is -0.610. The fourth-order valence-corrected chi connectivity index (χ4v) is 3.33. The first kappa shape index (κ1) is 14.8. The summed E-state index contributed by atoms with van der Waals surface area (Å²) in [5, 5.41) is 6.54. The fraction of sp³-hybridized carbons (Fsp3) is 0.933. The lowest BCUT2D eigenvalue weighted by Crippen LogP contribution is -2.48. The lowest BCUT2D eigenvalue weighted by molar-refractivity contribution is -0.126. The molecule has 2 heterocycles. The van der Waals surface area contributed by atoms with Gasteiger partial charge in [0.2, 0.25) is 5.91 Å². The summed E-state index contributed by atoms with van der Waals surface area (Å²) in [6, 6.07) is 0.301. The molecule has 0 saturated carbocycles. The second-order valence-corrected chi connectivity index (χ2v) is 6.06. The summed E-state index contributed by atoms with van der Waals surface area (Å²) in [4.78, 5) is 12.1. The van der Waals surface area contributed by atoms with Gasteiger partial charge in [-0.05, 0) is 51.1 Å². The van der Waals surface area contributed by atoms with E-state index in [0.717, 1.165) is 51.8 Å². The summed E-state index contributed by atoms with van der Waals surface area (Å²) in [7, 11) is 0. The monoisotopic (exact) mass is 268 g/mol. The molecule has 2 aliphatic heterocycles. The zero-order valence-electron chi connectivity index (χ0n) is 12.3. The molecule has 1 amide bonds. The van der Waals surface area contributed by atoms with Gasteiger partial charge in [0.25, 0.3) is 0 Å². The Kier molecular flexibility index (Phi) is 5.22. The number of hydrogen-bond donors (Lipinski definition) is 2. The molecule has 2 aliphatic rings. The molecular weight excluding hydrogens is 240 g/mol.